The quantitative estimate of drug-likeness (QED) is 0.623. The van der Waals surface area contributed by atoms with Crippen LogP contribution in [0.25, 0.3) is 0 Å². The van der Waals surface area contributed by atoms with Crippen molar-refractivity contribution in [2.45, 2.75) is 20.0 Å². The van der Waals surface area contributed by atoms with E-state index in [4.69, 9.17) is 4.74 Å². The van der Waals surface area contributed by atoms with Gasteiger partial charge in [-0.1, -0.05) is 0 Å². The Balaban J connectivity index is 3.30. The summed E-state index contributed by atoms with van der Waals surface area (Å²) in [6.45, 7) is 4.96. The van der Waals surface area contributed by atoms with Gasteiger partial charge in [-0.25, -0.2) is 4.79 Å². The molecule has 0 aromatic carbocycles. The van der Waals surface area contributed by atoms with Crippen molar-refractivity contribution in [2.75, 3.05) is 20.2 Å². The van der Waals surface area contributed by atoms with Gasteiger partial charge in [-0.3, -0.25) is 0 Å². The van der Waals surface area contributed by atoms with E-state index in [2.05, 4.69) is 10.6 Å². The lowest BCUT2D eigenvalue weighted by Gasteiger charge is -2.10. The molecule has 0 heterocycles. The van der Waals surface area contributed by atoms with Gasteiger partial charge in [0.25, 0.3) is 0 Å². The van der Waals surface area contributed by atoms with E-state index in [9.17, 15) is 4.79 Å². The van der Waals surface area contributed by atoms with Gasteiger partial charge < -0.3 is 15.4 Å². The van der Waals surface area contributed by atoms with Crippen LogP contribution in [0.2, 0.25) is 0 Å². The van der Waals surface area contributed by atoms with E-state index < -0.39 is 0 Å². The van der Waals surface area contributed by atoms with E-state index in [1.54, 1.807) is 7.11 Å². The minimum atomic E-state index is -0.142. The fourth-order valence-corrected chi connectivity index (χ4v) is 0.543. The minimum absolute atomic E-state index is 0.0672. The molecule has 66 valence electrons. The van der Waals surface area contributed by atoms with E-state index in [0.29, 0.717) is 13.1 Å². The van der Waals surface area contributed by atoms with Crippen molar-refractivity contribution in [3.05, 3.63) is 0 Å². The van der Waals surface area contributed by atoms with E-state index >= 15 is 0 Å². The maximum absolute atomic E-state index is 10.8. The lowest BCUT2D eigenvalue weighted by Crippen LogP contribution is -2.39. The first-order valence-electron chi connectivity index (χ1n) is 3.75. The van der Waals surface area contributed by atoms with Crippen LogP contribution < -0.4 is 10.6 Å². The lowest BCUT2D eigenvalue weighted by atomic mass is 10.4. The zero-order chi connectivity index (χ0) is 8.69. The van der Waals surface area contributed by atoms with Crippen LogP contribution in [0.1, 0.15) is 13.8 Å². The number of nitrogens with one attached hydrogen (secondary N) is 2. The molecule has 0 saturated carbocycles. The van der Waals surface area contributed by atoms with Crippen molar-refractivity contribution >= 4 is 6.03 Å². The summed E-state index contributed by atoms with van der Waals surface area (Å²) in [5.41, 5.74) is 0. The van der Waals surface area contributed by atoms with Crippen molar-refractivity contribution in [1.82, 2.24) is 10.6 Å². The smallest absolute Gasteiger partial charge is 0.314 e. The molecule has 4 heteroatoms. The maximum Gasteiger partial charge on any atom is 0.314 e. The molecule has 4 nitrogen and oxygen atoms in total. The van der Waals surface area contributed by atoms with Crippen LogP contribution in [0.5, 0.6) is 0 Å². The standard InChI is InChI=1S/C7H16N2O2/c1-4-8-7(10)9-5-6(2)11-3/h6H,4-5H2,1-3H3,(H2,8,9,10). The van der Waals surface area contributed by atoms with Gasteiger partial charge in [0.05, 0.1) is 6.10 Å². The average Bonchev–Trinajstić information content (AvgIpc) is 2.01. The zero-order valence-electron chi connectivity index (χ0n) is 7.31. The second-order valence-electron chi connectivity index (χ2n) is 2.29. The Hall–Kier alpha value is -0.770. The van der Waals surface area contributed by atoms with Crippen LogP contribution in [0.3, 0.4) is 0 Å². The molecule has 2 N–H and O–H groups in total. The molecular weight excluding hydrogens is 144 g/mol. The molecule has 11 heavy (non-hydrogen) atoms. The predicted octanol–water partition coefficient (Wildman–Crippen LogP) is 0.340. The number of carbonyl (C=O) groups is 1. The van der Waals surface area contributed by atoms with Gasteiger partial charge in [-0.2, -0.15) is 0 Å². The first-order valence-corrected chi connectivity index (χ1v) is 3.75. The second kappa shape index (κ2) is 5.97. The van der Waals surface area contributed by atoms with Gasteiger partial charge >= 0.3 is 6.03 Å². The van der Waals surface area contributed by atoms with Gasteiger partial charge in [0.1, 0.15) is 0 Å². The number of carbonyl (C=O) groups excluding carboxylic acids is 1. The Morgan fingerprint density at radius 2 is 2.18 bits per heavy atom. The van der Waals surface area contributed by atoms with Gasteiger partial charge in [-0.05, 0) is 13.8 Å². The van der Waals surface area contributed by atoms with Crippen molar-refractivity contribution in [3.8, 4) is 0 Å². The largest absolute Gasteiger partial charge is 0.380 e. The Morgan fingerprint density at radius 1 is 1.55 bits per heavy atom. The van der Waals surface area contributed by atoms with E-state index in [-0.39, 0.29) is 12.1 Å². The monoisotopic (exact) mass is 160 g/mol. The number of ether oxygens (including phenoxy) is 1. The van der Waals surface area contributed by atoms with Crippen LogP contribution in [0.4, 0.5) is 4.79 Å². The first-order chi connectivity index (χ1) is 5.20. The summed E-state index contributed by atoms with van der Waals surface area (Å²) in [6, 6.07) is -0.142. The summed E-state index contributed by atoms with van der Waals surface area (Å²) in [5, 5.41) is 5.28. The second-order valence-corrected chi connectivity index (χ2v) is 2.29. The lowest BCUT2D eigenvalue weighted by molar-refractivity contribution is 0.118. The third-order valence-electron chi connectivity index (χ3n) is 1.29. The maximum atomic E-state index is 10.8. The summed E-state index contributed by atoms with van der Waals surface area (Å²) in [7, 11) is 1.62. The Bertz CT molecular complexity index is 117. The van der Waals surface area contributed by atoms with Crippen LogP contribution in [-0.2, 0) is 4.74 Å². The molecule has 0 fully saturated rings. The van der Waals surface area contributed by atoms with Crippen molar-refractivity contribution in [3.63, 3.8) is 0 Å². The van der Waals surface area contributed by atoms with Crippen molar-refractivity contribution < 1.29 is 9.53 Å². The van der Waals surface area contributed by atoms with Crippen LogP contribution >= 0.6 is 0 Å². The molecule has 0 aliphatic rings. The molecule has 0 aliphatic carbocycles. The molecule has 0 aromatic rings. The molecule has 0 aliphatic heterocycles. The Morgan fingerprint density at radius 3 is 2.64 bits per heavy atom. The molecule has 0 saturated heterocycles. The molecule has 0 rings (SSSR count). The molecular formula is C7H16N2O2. The zero-order valence-corrected chi connectivity index (χ0v) is 7.31. The highest BCUT2D eigenvalue weighted by Crippen LogP contribution is 1.82. The number of urea groups is 1. The molecule has 0 radical (unpaired) electrons. The number of methoxy groups -OCH3 is 1. The fraction of sp³-hybridized carbons (Fsp3) is 0.857. The SMILES string of the molecule is CCNC(=O)NCC(C)OC. The Kier molecular flexibility index (Phi) is 5.56. The predicted molar refractivity (Wildman–Crippen MR) is 43.5 cm³/mol. The first kappa shape index (κ1) is 10.2. The number of hydrogen-bond acceptors (Lipinski definition) is 2. The Labute approximate surface area is 67.3 Å². The fourth-order valence-electron chi connectivity index (χ4n) is 0.543. The van der Waals surface area contributed by atoms with Crippen molar-refractivity contribution in [2.24, 2.45) is 0 Å². The van der Waals surface area contributed by atoms with Crippen LogP contribution in [0.15, 0.2) is 0 Å². The van der Waals surface area contributed by atoms with E-state index in [0.717, 1.165) is 0 Å². The summed E-state index contributed by atoms with van der Waals surface area (Å²) in [6.07, 6.45) is 0.0672. The van der Waals surface area contributed by atoms with Gasteiger partial charge in [0, 0.05) is 20.2 Å². The molecule has 0 bridgehead atoms. The van der Waals surface area contributed by atoms with Crippen LogP contribution in [-0.4, -0.2) is 32.3 Å². The molecule has 1 atom stereocenters. The normalized spacial score (nSPS) is 12.3. The van der Waals surface area contributed by atoms with Crippen molar-refractivity contribution in [1.29, 1.82) is 0 Å². The molecule has 0 spiro atoms. The third kappa shape index (κ3) is 5.66. The minimum Gasteiger partial charge on any atom is -0.380 e. The molecule has 2 amide bonds. The highest BCUT2D eigenvalue weighted by atomic mass is 16.5. The average molecular weight is 160 g/mol. The number of rotatable bonds is 4. The number of hydrogen-bond donors (Lipinski definition) is 2. The highest BCUT2D eigenvalue weighted by molar-refractivity contribution is 5.73. The summed E-state index contributed by atoms with van der Waals surface area (Å²) in [5.74, 6) is 0. The van der Waals surface area contributed by atoms with E-state index in [1.165, 1.54) is 0 Å². The van der Waals surface area contributed by atoms with Crippen LogP contribution in [0, 0.1) is 0 Å². The third-order valence-corrected chi connectivity index (χ3v) is 1.29. The highest BCUT2D eigenvalue weighted by Gasteiger charge is 2.01. The van der Waals surface area contributed by atoms with E-state index in [1.807, 2.05) is 13.8 Å². The topological polar surface area (TPSA) is 50.4 Å². The molecule has 1 unspecified atom stereocenters. The summed E-state index contributed by atoms with van der Waals surface area (Å²) >= 11 is 0. The van der Waals surface area contributed by atoms with Gasteiger partial charge in [0.2, 0.25) is 0 Å². The van der Waals surface area contributed by atoms with Gasteiger partial charge in [-0.15, -0.1) is 0 Å². The molecule has 0 aromatic heterocycles. The summed E-state index contributed by atoms with van der Waals surface area (Å²) < 4.78 is 4.94. The number of amides is 2. The van der Waals surface area contributed by atoms with Gasteiger partial charge in [0.15, 0.2) is 0 Å². The summed E-state index contributed by atoms with van der Waals surface area (Å²) in [4.78, 5) is 10.8.